The van der Waals surface area contributed by atoms with Crippen LogP contribution in [0.2, 0.25) is 0 Å². The first-order valence-electron chi connectivity index (χ1n) is 10.7. The number of pyridine rings is 1. The number of fused-ring (bicyclic) bond motifs is 1. The molecular formula is C25H23F3N4O2. The molecule has 2 N–H and O–H groups in total. The van der Waals surface area contributed by atoms with Crippen LogP contribution < -0.4 is 4.90 Å². The zero-order valence-corrected chi connectivity index (χ0v) is 18.2. The molecule has 2 aromatic carbocycles. The van der Waals surface area contributed by atoms with Crippen molar-refractivity contribution in [2.75, 3.05) is 31.1 Å². The van der Waals surface area contributed by atoms with Gasteiger partial charge in [0.15, 0.2) is 0 Å². The first-order valence-corrected chi connectivity index (χ1v) is 10.7. The van der Waals surface area contributed by atoms with Crippen LogP contribution in [-0.2, 0) is 12.7 Å². The summed E-state index contributed by atoms with van der Waals surface area (Å²) in [5, 5.41) is 28.4. The fraction of sp³-hybridized carbons (Fsp3) is 0.280. The van der Waals surface area contributed by atoms with Gasteiger partial charge in [0.05, 0.1) is 36.2 Å². The standard InChI is InChI=1S/C25H23F3N4O2/c26-25(27,28)19-5-7-20(8-6-19)32-13-12-31(11-10-29)15-18-14-17(4-9-23(18)32)21-2-1-3-22(30-21)24(34)16-33/h1-9,14,24,33-34H,11-13,15-16H2. The molecule has 1 atom stereocenters. The summed E-state index contributed by atoms with van der Waals surface area (Å²) in [5.74, 6) is 0. The molecule has 0 saturated heterocycles. The Hall–Kier alpha value is -3.45. The molecule has 0 saturated carbocycles. The molecule has 34 heavy (non-hydrogen) atoms. The van der Waals surface area contributed by atoms with Crippen LogP contribution in [-0.4, -0.2) is 46.3 Å². The van der Waals surface area contributed by atoms with Crippen molar-refractivity contribution >= 4 is 11.4 Å². The van der Waals surface area contributed by atoms with Crippen molar-refractivity contribution in [2.45, 2.75) is 18.8 Å². The molecule has 1 aromatic heterocycles. The zero-order chi connectivity index (χ0) is 24.3. The van der Waals surface area contributed by atoms with Crippen molar-refractivity contribution in [1.29, 1.82) is 5.26 Å². The van der Waals surface area contributed by atoms with Crippen LogP contribution >= 0.6 is 0 Å². The number of aliphatic hydroxyl groups excluding tert-OH is 2. The van der Waals surface area contributed by atoms with E-state index in [-0.39, 0.29) is 6.54 Å². The number of rotatable bonds is 5. The van der Waals surface area contributed by atoms with Crippen molar-refractivity contribution in [3.8, 4) is 17.3 Å². The van der Waals surface area contributed by atoms with Crippen molar-refractivity contribution in [3.05, 3.63) is 77.5 Å². The predicted molar refractivity (Wildman–Crippen MR) is 121 cm³/mol. The monoisotopic (exact) mass is 468 g/mol. The van der Waals surface area contributed by atoms with Gasteiger partial charge in [-0.2, -0.15) is 18.4 Å². The molecule has 0 spiro atoms. The van der Waals surface area contributed by atoms with Crippen LogP contribution in [0, 0.1) is 11.3 Å². The average molecular weight is 468 g/mol. The van der Waals surface area contributed by atoms with Crippen LogP contribution in [0.15, 0.2) is 60.7 Å². The Morgan fingerprint density at radius 1 is 1.06 bits per heavy atom. The topological polar surface area (TPSA) is 83.6 Å². The van der Waals surface area contributed by atoms with Gasteiger partial charge in [0.2, 0.25) is 0 Å². The van der Waals surface area contributed by atoms with Crippen LogP contribution in [0.3, 0.4) is 0 Å². The minimum Gasteiger partial charge on any atom is -0.393 e. The van der Waals surface area contributed by atoms with Gasteiger partial charge < -0.3 is 15.1 Å². The lowest BCUT2D eigenvalue weighted by atomic mass is 10.0. The second-order valence-corrected chi connectivity index (χ2v) is 8.05. The lowest BCUT2D eigenvalue weighted by Gasteiger charge is -2.25. The number of hydrogen-bond donors (Lipinski definition) is 2. The first-order chi connectivity index (χ1) is 16.3. The highest BCUT2D eigenvalue weighted by molar-refractivity contribution is 5.72. The maximum absolute atomic E-state index is 13.0. The first kappa shape index (κ1) is 23.7. The highest BCUT2D eigenvalue weighted by Gasteiger charge is 2.30. The number of aliphatic hydroxyl groups is 2. The lowest BCUT2D eigenvalue weighted by Crippen LogP contribution is -2.29. The van der Waals surface area contributed by atoms with E-state index in [0.717, 1.165) is 28.9 Å². The van der Waals surface area contributed by atoms with Crippen molar-refractivity contribution < 1.29 is 23.4 Å². The van der Waals surface area contributed by atoms with E-state index < -0.39 is 24.5 Å². The van der Waals surface area contributed by atoms with Gasteiger partial charge in [-0.1, -0.05) is 12.1 Å². The molecular weight excluding hydrogens is 445 g/mol. The molecule has 9 heteroatoms. The number of benzene rings is 2. The molecule has 3 aromatic rings. The molecule has 0 amide bonds. The van der Waals surface area contributed by atoms with Gasteiger partial charge in [-0.3, -0.25) is 4.90 Å². The smallest absolute Gasteiger partial charge is 0.393 e. The maximum atomic E-state index is 13.0. The van der Waals surface area contributed by atoms with Gasteiger partial charge in [0.25, 0.3) is 0 Å². The second-order valence-electron chi connectivity index (χ2n) is 8.05. The third-order valence-corrected chi connectivity index (χ3v) is 5.79. The molecule has 1 aliphatic heterocycles. The molecule has 2 heterocycles. The molecule has 0 radical (unpaired) electrons. The van der Waals surface area contributed by atoms with E-state index in [1.165, 1.54) is 12.1 Å². The quantitative estimate of drug-likeness (QED) is 0.544. The Balaban J connectivity index is 1.73. The number of aromatic nitrogens is 1. The fourth-order valence-electron chi connectivity index (χ4n) is 4.04. The minimum atomic E-state index is -4.40. The van der Waals surface area contributed by atoms with Gasteiger partial charge >= 0.3 is 6.18 Å². The number of hydrogen-bond acceptors (Lipinski definition) is 6. The van der Waals surface area contributed by atoms with Gasteiger partial charge in [-0.25, -0.2) is 4.98 Å². The van der Waals surface area contributed by atoms with Crippen molar-refractivity contribution in [3.63, 3.8) is 0 Å². The summed E-state index contributed by atoms with van der Waals surface area (Å²) in [6.45, 7) is 1.35. The number of alkyl halides is 3. The molecule has 0 bridgehead atoms. The molecule has 1 unspecified atom stereocenters. The predicted octanol–water partition coefficient (Wildman–Crippen LogP) is 4.27. The fourth-order valence-corrected chi connectivity index (χ4v) is 4.04. The van der Waals surface area contributed by atoms with Crippen molar-refractivity contribution in [2.24, 2.45) is 0 Å². The number of nitrogens with zero attached hydrogens (tertiary/aromatic N) is 4. The van der Waals surface area contributed by atoms with Crippen LogP contribution in [0.25, 0.3) is 11.3 Å². The third kappa shape index (κ3) is 5.04. The minimum absolute atomic E-state index is 0.223. The van der Waals surface area contributed by atoms with Gasteiger partial charge in [0.1, 0.15) is 6.10 Å². The molecule has 6 nitrogen and oxygen atoms in total. The SMILES string of the molecule is N#CCN1CCN(c2ccc(C(F)(F)F)cc2)c2ccc(-c3cccc(C(O)CO)n3)cc2C1. The van der Waals surface area contributed by atoms with Gasteiger partial charge in [-0.05, 0) is 54.1 Å². The maximum Gasteiger partial charge on any atom is 0.416 e. The zero-order valence-electron chi connectivity index (χ0n) is 18.2. The summed E-state index contributed by atoms with van der Waals surface area (Å²) < 4.78 is 39.1. The molecule has 0 fully saturated rings. The largest absolute Gasteiger partial charge is 0.416 e. The summed E-state index contributed by atoms with van der Waals surface area (Å²) in [4.78, 5) is 8.39. The Kier molecular flexibility index (Phi) is 6.84. The lowest BCUT2D eigenvalue weighted by molar-refractivity contribution is -0.137. The van der Waals surface area contributed by atoms with E-state index in [1.54, 1.807) is 18.2 Å². The van der Waals surface area contributed by atoms with Crippen LogP contribution in [0.4, 0.5) is 24.5 Å². The number of anilines is 2. The summed E-state index contributed by atoms with van der Waals surface area (Å²) in [5.41, 5.74) is 3.43. The van der Waals surface area contributed by atoms with E-state index >= 15 is 0 Å². The summed E-state index contributed by atoms with van der Waals surface area (Å²) in [7, 11) is 0. The summed E-state index contributed by atoms with van der Waals surface area (Å²) in [6.07, 6.45) is -5.49. The summed E-state index contributed by atoms with van der Waals surface area (Å²) in [6, 6.07) is 18.1. The van der Waals surface area contributed by atoms with E-state index in [9.17, 15) is 28.6 Å². The van der Waals surface area contributed by atoms with E-state index in [4.69, 9.17) is 0 Å². The van der Waals surface area contributed by atoms with Gasteiger partial charge in [-0.15, -0.1) is 0 Å². The molecule has 1 aliphatic rings. The Morgan fingerprint density at radius 2 is 1.82 bits per heavy atom. The third-order valence-electron chi connectivity index (χ3n) is 5.79. The van der Waals surface area contributed by atoms with Crippen molar-refractivity contribution in [1.82, 2.24) is 9.88 Å². The normalized spacial score (nSPS) is 15.4. The van der Waals surface area contributed by atoms with Crippen LogP contribution in [0.5, 0.6) is 0 Å². The highest BCUT2D eigenvalue weighted by Crippen LogP contribution is 2.36. The van der Waals surface area contributed by atoms with E-state index in [1.807, 2.05) is 28.0 Å². The highest BCUT2D eigenvalue weighted by atomic mass is 19.4. The summed E-state index contributed by atoms with van der Waals surface area (Å²) >= 11 is 0. The molecule has 176 valence electrons. The molecule has 4 rings (SSSR count). The Morgan fingerprint density at radius 3 is 2.50 bits per heavy atom. The van der Waals surface area contributed by atoms with E-state index in [0.29, 0.717) is 36.7 Å². The van der Waals surface area contributed by atoms with E-state index in [2.05, 4.69) is 11.1 Å². The van der Waals surface area contributed by atoms with Crippen LogP contribution in [0.1, 0.15) is 22.9 Å². The van der Waals surface area contributed by atoms with Gasteiger partial charge in [0, 0.05) is 36.6 Å². The molecule has 0 aliphatic carbocycles. The second kappa shape index (κ2) is 9.81. The average Bonchev–Trinajstić information content (AvgIpc) is 3.02. The number of nitriles is 1. The number of halogens is 3. The Labute approximate surface area is 195 Å². The Bertz CT molecular complexity index is 1190.